The fourth-order valence-electron chi connectivity index (χ4n) is 2.42. The summed E-state index contributed by atoms with van der Waals surface area (Å²) in [5.41, 5.74) is 1.83. The van der Waals surface area contributed by atoms with Gasteiger partial charge in [0.15, 0.2) is 0 Å². The number of aryl methyl sites for hydroxylation is 1. The fraction of sp³-hybridized carbons (Fsp3) is 0.471. The second-order valence-electron chi connectivity index (χ2n) is 6.20. The Morgan fingerprint density at radius 3 is 2.36 bits per heavy atom. The van der Waals surface area contributed by atoms with Crippen molar-refractivity contribution in [1.29, 1.82) is 0 Å². The highest BCUT2D eigenvalue weighted by atomic mass is 16.6. The number of nitrogens with zero attached hydrogens (tertiary/aromatic N) is 2. The zero-order valence-electron chi connectivity index (χ0n) is 13.9. The Bertz CT molecular complexity index is 636. The van der Waals surface area contributed by atoms with Gasteiger partial charge in [-0.3, -0.25) is 0 Å². The standard InChI is InChI=1S/C17H24N2O3/c1-12-6-7-15-13(8-12)9-16(22-15)17(20)21-14(10-18(2)3)11-19(4)5/h6-9,14H,10-11H2,1-5H3. The van der Waals surface area contributed by atoms with E-state index in [1.807, 2.05) is 63.1 Å². The van der Waals surface area contributed by atoms with Crippen LogP contribution >= 0.6 is 0 Å². The summed E-state index contributed by atoms with van der Waals surface area (Å²) in [6.45, 7) is 3.35. The van der Waals surface area contributed by atoms with Crippen LogP contribution < -0.4 is 0 Å². The number of carbonyl (C=O) groups excluding carboxylic acids is 1. The fourth-order valence-corrected chi connectivity index (χ4v) is 2.42. The number of likely N-dealkylation sites (N-methyl/N-ethyl adjacent to an activating group) is 2. The van der Waals surface area contributed by atoms with Crippen molar-refractivity contribution in [3.8, 4) is 0 Å². The summed E-state index contributed by atoms with van der Waals surface area (Å²) in [5, 5.41) is 0.920. The van der Waals surface area contributed by atoms with Crippen molar-refractivity contribution >= 4 is 16.9 Å². The first kappa shape index (κ1) is 16.5. The van der Waals surface area contributed by atoms with Crippen LogP contribution in [0.5, 0.6) is 0 Å². The van der Waals surface area contributed by atoms with Gasteiger partial charge in [0.2, 0.25) is 5.76 Å². The smallest absolute Gasteiger partial charge is 0.374 e. The molecule has 0 aliphatic rings. The van der Waals surface area contributed by atoms with Crippen LogP contribution in [-0.2, 0) is 4.74 Å². The molecule has 0 aliphatic carbocycles. The highest BCUT2D eigenvalue weighted by Crippen LogP contribution is 2.21. The molecular formula is C17H24N2O3. The molecule has 0 amide bonds. The largest absolute Gasteiger partial charge is 0.454 e. The van der Waals surface area contributed by atoms with Crippen LogP contribution in [0.15, 0.2) is 28.7 Å². The topological polar surface area (TPSA) is 45.9 Å². The maximum Gasteiger partial charge on any atom is 0.374 e. The summed E-state index contributed by atoms with van der Waals surface area (Å²) in [6, 6.07) is 7.57. The van der Waals surface area contributed by atoms with Crippen molar-refractivity contribution < 1.29 is 13.9 Å². The Labute approximate surface area is 131 Å². The molecule has 0 atom stereocenters. The molecule has 0 saturated heterocycles. The van der Waals surface area contributed by atoms with Gasteiger partial charge >= 0.3 is 5.97 Å². The molecule has 0 fully saturated rings. The Hall–Kier alpha value is -1.85. The van der Waals surface area contributed by atoms with E-state index in [0.717, 1.165) is 10.9 Å². The van der Waals surface area contributed by atoms with Gasteiger partial charge in [0.1, 0.15) is 11.7 Å². The lowest BCUT2D eigenvalue weighted by molar-refractivity contribution is 0.0146. The minimum Gasteiger partial charge on any atom is -0.454 e. The SMILES string of the molecule is Cc1ccc2oc(C(=O)OC(CN(C)C)CN(C)C)cc2c1. The van der Waals surface area contributed by atoms with E-state index in [1.54, 1.807) is 6.07 Å². The summed E-state index contributed by atoms with van der Waals surface area (Å²) in [5.74, 6) is -0.161. The molecule has 1 heterocycles. The molecule has 0 bridgehead atoms. The third-order valence-corrected chi connectivity index (χ3v) is 3.28. The van der Waals surface area contributed by atoms with Gasteiger partial charge in [0, 0.05) is 18.5 Å². The summed E-state index contributed by atoms with van der Waals surface area (Å²) in [6.07, 6.45) is -0.201. The van der Waals surface area contributed by atoms with Gasteiger partial charge in [-0.25, -0.2) is 4.79 Å². The molecule has 1 aromatic carbocycles. The zero-order chi connectivity index (χ0) is 16.3. The minimum atomic E-state index is -0.414. The van der Waals surface area contributed by atoms with E-state index in [4.69, 9.17) is 9.15 Å². The lowest BCUT2D eigenvalue weighted by Gasteiger charge is -2.23. The van der Waals surface area contributed by atoms with Gasteiger partial charge in [0.25, 0.3) is 0 Å². The second kappa shape index (κ2) is 6.94. The van der Waals surface area contributed by atoms with Crippen LogP contribution in [0.2, 0.25) is 0 Å². The molecular weight excluding hydrogens is 280 g/mol. The van der Waals surface area contributed by atoms with E-state index in [2.05, 4.69) is 0 Å². The first-order chi connectivity index (χ1) is 10.3. The maximum atomic E-state index is 12.3. The van der Waals surface area contributed by atoms with Crippen molar-refractivity contribution in [2.45, 2.75) is 13.0 Å². The molecule has 22 heavy (non-hydrogen) atoms. The lowest BCUT2D eigenvalue weighted by Crippen LogP contribution is -2.38. The van der Waals surface area contributed by atoms with Crippen LogP contribution in [0.25, 0.3) is 11.0 Å². The number of esters is 1. The molecule has 0 N–H and O–H groups in total. The Morgan fingerprint density at radius 1 is 1.14 bits per heavy atom. The number of fused-ring (bicyclic) bond motifs is 1. The summed E-state index contributed by atoms with van der Waals surface area (Å²) >= 11 is 0. The van der Waals surface area contributed by atoms with E-state index in [1.165, 1.54) is 0 Å². The predicted molar refractivity (Wildman–Crippen MR) is 87.3 cm³/mol. The van der Waals surface area contributed by atoms with Crippen molar-refractivity contribution in [2.24, 2.45) is 0 Å². The van der Waals surface area contributed by atoms with Gasteiger partial charge in [-0.2, -0.15) is 0 Å². The van der Waals surface area contributed by atoms with Gasteiger partial charge in [-0.1, -0.05) is 11.6 Å². The molecule has 1 aromatic heterocycles. The molecule has 120 valence electrons. The summed E-state index contributed by atoms with van der Waals surface area (Å²) in [7, 11) is 7.84. The van der Waals surface area contributed by atoms with E-state index in [9.17, 15) is 4.79 Å². The van der Waals surface area contributed by atoms with Gasteiger partial charge < -0.3 is 19.0 Å². The molecule has 0 spiro atoms. The zero-order valence-corrected chi connectivity index (χ0v) is 13.9. The first-order valence-electron chi connectivity index (χ1n) is 7.36. The summed E-state index contributed by atoms with van der Waals surface area (Å²) in [4.78, 5) is 16.3. The normalized spacial score (nSPS) is 11.8. The van der Waals surface area contributed by atoms with Gasteiger partial charge in [0.05, 0.1) is 0 Å². The van der Waals surface area contributed by atoms with Crippen molar-refractivity contribution in [2.75, 3.05) is 41.3 Å². The number of benzene rings is 1. The van der Waals surface area contributed by atoms with Crippen LogP contribution in [0.4, 0.5) is 0 Å². The van der Waals surface area contributed by atoms with Crippen molar-refractivity contribution in [3.05, 3.63) is 35.6 Å². The maximum absolute atomic E-state index is 12.3. The van der Waals surface area contributed by atoms with Crippen molar-refractivity contribution in [3.63, 3.8) is 0 Å². The molecule has 0 radical (unpaired) electrons. The lowest BCUT2D eigenvalue weighted by atomic mass is 10.2. The Morgan fingerprint density at radius 2 is 1.77 bits per heavy atom. The molecule has 5 nitrogen and oxygen atoms in total. The van der Waals surface area contributed by atoms with Gasteiger partial charge in [-0.05, 0) is 53.3 Å². The van der Waals surface area contributed by atoms with Crippen LogP contribution in [0, 0.1) is 6.92 Å². The number of hydrogen-bond acceptors (Lipinski definition) is 5. The third-order valence-electron chi connectivity index (χ3n) is 3.28. The average molecular weight is 304 g/mol. The number of rotatable bonds is 6. The number of furan rings is 1. The van der Waals surface area contributed by atoms with Crippen LogP contribution in [-0.4, -0.2) is 63.2 Å². The number of ether oxygens (including phenoxy) is 1. The van der Waals surface area contributed by atoms with Crippen molar-refractivity contribution in [1.82, 2.24) is 9.80 Å². The average Bonchev–Trinajstić information content (AvgIpc) is 2.79. The van der Waals surface area contributed by atoms with E-state index in [-0.39, 0.29) is 11.9 Å². The second-order valence-corrected chi connectivity index (χ2v) is 6.20. The predicted octanol–water partition coefficient (Wildman–Crippen LogP) is 2.39. The molecule has 2 rings (SSSR count). The first-order valence-corrected chi connectivity index (χ1v) is 7.36. The highest BCUT2D eigenvalue weighted by molar-refractivity contribution is 5.92. The van der Waals surface area contributed by atoms with Crippen LogP contribution in [0.1, 0.15) is 16.1 Å². The molecule has 0 aliphatic heterocycles. The van der Waals surface area contributed by atoms with E-state index < -0.39 is 5.97 Å². The monoisotopic (exact) mass is 304 g/mol. The Balaban J connectivity index is 2.13. The number of hydrogen-bond donors (Lipinski definition) is 0. The quantitative estimate of drug-likeness (QED) is 0.767. The minimum absolute atomic E-state index is 0.201. The number of carbonyl (C=O) groups is 1. The molecule has 0 unspecified atom stereocenters. The van der Waals surface area contributed by atoms with Crippen LogP contribution in [0.3, 0.4) is 0 Å². The van der Waals surface area contributed by atoms with E-state index in [0.29, 0.717) is 18.7 Å². The molecule has 5 heteroatoms. The molecule has 2 aromatic rings. The Kier molecular flexibility index (Phi) is 5.21. The van der Waals surface area contributed by atoms with Gasteiger partial charge in [-0.15, -0.1) is 0 Å². The molecule has 0 saturated carbocycles. The van der Waals surface area contributed by atoms with E-state index >= 15 is 0 Å². The summed E-state index contributed by atoms with van der Waals surface area (Å²) < 4.78 is 11.2. The highest BCUT2D eigenvalue weighted by Gasteiger charge is 2.20. The third kappa shape index (κ3) is 4.32.